The Morgan fingerprint density at radius 1 is 1.14 bits per heavy atom. The highest BCUT2D eigenvalue weighted by molar-refractivity contribution is 5.48. The number of para-hydroxylation sites is 1. The van der Waals surface area contributed by atoms with E-state index in [1.165, 1.54) is 6.07 Å². The summed E-state index contributed by atoms with van der Waals surface area (Å²) in [6, 6.07) is 14.6. The van der Waals surface area contributed by atoms with Crippen LogP contribution in [0.15, 0.2) is 48.5 Å². The topological polar surface area (TPSA) is 85.1 Å². The number of likely N-dealkylation sites (tertiary alicyclic amines) is 1. The lowest BCUT2D eigenvalue weighted by Gasteiger charge is -2.33. The third-order valence-electron chi connectivity index (χ3n) is 5.29. The van der Waals surface area contributed by atoms with Crippen LogP contribution in [-0.2, 0) is 0 Å². The van der Waals surface area contributed by atoms with Crippen LogP contribution in [0, 0.1) is 23.0 Å². The maximum Gasteiger partial charge on any atom is 0.276 e. The van der Waals surface area contributed by atoms with Gasteiger partial charge in [-0.1, -0.05) is 24.3 Å². The van der Waals surface area contributed by atoms with Gasteiger partial charge in [-0.2, -0.15) is 0 Å². The lowest BCUT2D eigenvalue weighted by atomic mass is 9.97. The van der Waals surface area contributed by atoms with Crippen molar-refractivity contribution in [3.05, 3.63) is 64.2 Å². The fraction of sp³-hybridized carbons (Fsp3) is 0.455. The lowest BCUT2D eigenvalue weighted by molar-refractivity contribution is -0.385. The molecule has 0 saturated carbocycles. The van der Waals surface area contributed by atoms with Gasteiger partial charge in [0.1, 0.15) is 24.2 Å². The predicted octanol–water partition coefficient (Wildman–Crippen LogP) is 3.43. The van der Waals surface area contributed by atoms with E-state index in [1.807, 2.05) is 30.3 Å². The fourth-order valence-electron chi connectivity index (χ4n) is 3.56. The minimum absolute atomic E-state index is 0.0248. The first kappa shape index (κ1) is 21.1. The molecule has 0 aliphatic carbocycles. The van der Waals surface area contributed by atoms with Crippen LogP contribution in [0.3, 0.4) is 0 Å². The molecule has 7 nitrogen and oxygen atoms in total. The number of nitro groups is 1. The van der Waals surface area contributed by atoms with E-state index in [4.69, 9.17) is 9.47 Å². The van der Waals surface area contributed by atoms with Gasteiger partial charge in [-0.05, 0) is 57.0 Å². The largest absolute Gasteiger partial charge is 0.493 e. The number of piperidine rings is 1. The first-order chi connectivity index (χ1) is 14.0. The fourth-order valence-corrected chi connectivity index (χ4v) is 3.56. The first-order valence-corrected chi connectivity index (χ1v) is 9.98. The second kappa shape index (κ2) is 10.2. The molecule has 1 fully saturated rings. The van der Waals surface area contributed by atoms with E-state index in [0.29, 0.717) is 23.8 Å². The third kappa shape index (κ3) is 6.17. The maximum absolute atomic E-state index is 11.0. The Morgan fingerprint density at radius 2 is 1.86 bits per heavy atom. The molecule has 29 heavy (non-hydrogen) atoms. The van der Waals surface area contributed by atoms with Crippen molar-refractivity contribution in [3.8, 4) is 11.5 Å². The molecule has 0 bridgehead atoms. The average molecular weight is 400 g/mol. The summed E-state index contributed by atoms with van der Waals surface area (Å²) in [6.07, 6.45) is 1.42. The van der Waals surface area contributed by atoms with Gasteiger partial charge in [-0.15, -0.1) is 0 Å². The number of hydrogen-bond acceptors (Lipinski definition) is 6. The van der Waals surface area contributed by atoms with E-state index in [2.05, 4.69) is 4.90 Å². The number of hydrogen-bond donors (Lipinski definition) is 1. The summed E-state index contributed by atoms with van der Waals surface area (Å²) < 4.78 is 11.5. The van der Waals surface area contributed by atoms with Crippen LogP contribution < -0.4 is 9.47 Å². The SMILES string of the molecule is Cc1c(OCC(O)CN2CCC(COc3ccccc3)CC2)cccc1[N+](=O)[O-]. The van der Waals surface area contributed by atoms with Crippen LogP contribution in [0.25, 0.3) is 0 Å². The monoisotopic (exact) mass is 400 g/mol. The Kier molecular flexibility index (Phi) is 7.43. The predicted molar refractivity (Wildman–Crippen MR) is 110 cm³/mol. The summed E-state index contributed by atoms with van der Waals surface area (Å²) in [7, 11) is 0. The smallest absolute Gasteiger partial charge is 0.276 e. The van der Waals surface area contributed by atoms with Gasteiger partial charge in [0.05, 0.1) is 17.1 Å². The normalized spacial score (nSPS) is 16.3. The third-order valence-corrected chi connectivity index (χ3v) is 5.29. The number of nitro benzene ring substituents is 1. The van der Waals surface area contributed by atoms with Crippen molar-refractivity contribution in [2.45, 2.75) is 25.9 Å². The molecule has 1 heterocycles. The van der Waals surface area contributed by atoms with Gasteiger partial charge < -0.3 is 19.5 Å². The zero-order chi connectivity index (χ0) is 20.6. The number of aliphatic hydroxyl groups is 1. The van der Waals surface area contributed by atoms with Crippen molar-refractivity contribution in [1.82, 2.24) is 4.90 Å². The Labute approximate surface area is 171 Å². The van der Waals surface area contributed by atoms with Crippen LogP contribution >= 0.6 is 0 Å². The lowest BCUT2D eigenvalue weighted by Crippen LogP contribution is -2.41. The molecule has 1 atom stereocenters. The molecule has 1 aliphatic rings. The highest BCUT2D eigenvalue weighted by Gasteiger charge is 2.22. The molecular weight excluding hydrogens is 372 g/mol. The maximum atomic E-state index is 11.0. The van der Waals surface area contributed by atoms with Gasteiger partial charge in [0.2, 0.25) is 0 Å². The standard InChI is InChI=1S/C22H28N2O5/c1-17-21(24(26)27)8-5-9-22(17)29-16-19(25)14-23-12-10-18(11-13-23)15-28-20-6-3-2-4-7-20/h2-9,18-19,25H,10-16H2,1H3. The van der Waals surface area contributed by atoms with Crippen molar-refractivity contribution in [1.29, 1.82) is 0 Å². The van der Waals surface area contributed by atoms with Gasteiger partial charge in [0, 0.05) is 12.6 Å². The van der Waals surface area contributed by atoms with E-state index in [-0.39, 0.29) is 12.3 Å². The van der Waals surface area contributed by atoms with Gasteiger partial charge in [-0.25, -0.2) is 0 Å². The van der Waals surface area contributed by atoms with Crippen LogP contribution in [0.2, 0.25) is 0 Å². The van der Waals surface area contributed by atoms with E-state index >= 15 is 0 Å². The minimum Gasteiger partial charge on any atom is -0.493 e. The number of β-amino-alcohol motifs (C(OH)–C–C–N with tert-alkyl or cyclic N) is 1. The molecule has 0 radical (unpaired) electrons. The number of ether oxygens (including phenoxy) is 2. The van der Waals surface area contributed by atoms with E-state index in [0.717, 1.165) is 38.3 Å². The highest BCUT2D eigenvalue weighted by atomic mass is 16.6. The zero-order valence-electron chi connectivity index (χ0n) is 16.7. The Hall–Kier alpha value is -2.64. The molecule has 2 aromatic rings. The van der Waals surface area contributed by atoms with Crippen LogP contribution in [0.5, 0.6) is 11.5 Å². The summed E-state index contributed by atoms with van der Waals surface area (Å²) in [5, 5.41) is 21.3. The van der Waals surface area contributed by atoms with Gasteiger partial charge in [0.25, 0.3) is 5.69 Å². The molecule has 1 N–H and O–H groups in total. The minimum atomic E-state index is -0.647. The molecule has 2 aromatic carbocycles. The van der Waals surface area contributed by atoms with Crippen molar-refractivity contribution >= 4 is 5.69 Å². The van der Waals surface area contributed by atoms with Gasteiger partial charge in [-0.3, -0.25) is 10.1 Å². The van der Waals surface area contributed by atoms with Crippen LogP contribution in [0.4, 0.5) is 5.69 Å². The molecule has 7 heteroatoms. The molecule has 3 rings (SSSR count). The van der Waals surface area contributed by atoms with Gasteiger partial charge in [0.15, 0.2) is 0 Å². The van der Waals surface area contributed by atoms with Crippen molar-refractivity contribution < 1.29 is 19.5 Å². The average Bonchev–Trinajstić information content (AvgIpc) is 2.73. The summed E-state index contributed by atoms with van der Waals surface area (Å²) >= 11 is 0. The molecule has 1 aliphatic heterocycles. The molecule has 1 saturated heterocycles. The Bertz CT molecular complexity index is 791. The van der Waals surface area contributed by atoms with E-state index in [9.17, 15) is 15.2 Å². The van der Waals surface area contributed by atoms with Gasteiger partial charge >= 0.3 is 0 Å². The van der Waals surface area contributed by atoms with Crippen molar-refractivity contribution in [2.75, 3.05) is 32.8 Å². The summed E-state index contributed by atoms with van der Waals surface area (Å²) in [6.45, 7) is 4.84. The Balaban J connectivity index is 1.38. The Morgan fingerprint density at radius 3 is 2.55 bits per heavy atom. The summed E-state index contributed by atoms with van der Waals surface area (Å²) in [4.78, 5) is 12.8. The van der Waals surface area contributed by atoms with Crippen LogP contribution in [0.1, 0.15) is 18.4 Å². The second-order valence-electron chi connectivity index (χ2n) is 7.49. The molecule has 0 spiro atoms. The second-order valence-corrected chi connectivity index (χ2v) is 7.49. The molecule has 0 aromatic heterocycles. The summed E-state index contributed by atoms with van der Waals surface area (Å²) in [5.74, 6) is 1.86. The van der Waals surface area contributed by atoms with E-state index in [1.54, 1.807) is 19.1 Å². The summed E-state index contributed by atoms with van der Waals surface area (Å²) in [5.41, 5.74) is 0.501. The number of nitrogens with zero attached hydrogens (tertiary/aromatic N) is 2. The number of rotatable bonds is 9. The molecule has 156 valence electrons. The number of benzene rings is 2. The quantitative estimate of drug-likeness (QED) is 0.513. The highest BCUT2D eigenvalue weighted by Crippen LogP contribution is 2.27. The number of aliphatic hydroxyl groups excluding tert-OH is 1. The molecular formula is C22H28N2O5. The molecule has 1 unspecified atom stereocenters. The van der Waals surface area contributed by atoms with Crippen molar-refractivity contribution in [3.63, 3.8) is 0 Å². The zero-order valence-corrected chi connectivity index (χ0v) is 16.7. The van der Waals surface area contributed by atoms with Crippen LogP contribution in [-0.4, -0.2) is 53.9 Å². The molecule has 0 amide bonds. The van der Waals surface area contributed by atoms with Crippen molar-refractivity contribution in [2.24, 2.45) is 5.92 Å². The first-order valence-electron chi connectivity index (χ1n) is 9.98. The van der Waals surface area contributed by atoms with E-state index < -0.39 is 11.0 Å².